The Labute approximate surface area is 463 Å². The maximum atomic E-state index is 16.0. The fourth-order valence-electron chi connectivity index (χ4n) is 11.1. The van der Waals surface area contributed by atoms with E-state index in [4.69, 9.17) is 19.4 Å². The third-order valence-electron chi connectivity index (χ3n) is 15.5. The Bertz CT molecular complexity index is 3580. The van der Waals surface area contributed by atoms with Crippen LogP contribution in [-0.2, 0) is 16.2 Å². The summed E-state index contributed by atoms with van der Waals surface area (Å²) >= 11 is 1.53. The number of carbonyl (C=O) groups excluding carboxylic acids is 2. The summed E-state index contributed by atoms with van der Waals surface area (Å²) in [5.41, 5.74) is 9.57. The number of fused-ring (bicyclic) bond motifs is 2. The summed E-state index contributed by atoms with van der Waals surface area (Å²) in [6, 6.07) is 15.6. The first-order valence-corrected chi connectivity index (χ1v) is 27.8. The summed E-state index contributed by atoms with van der Waals surface area (Å²) in [5.74, 6) is -3.90. The number of H-pyrrole nitrogens is 1. The van der Waals surface area contributed by atoms with Crippen LogP contribution >= 0.6 is 11.3 Å². The van der Waals surface area contributed by atoms with Crippen molar-refractivity contribution in [2.75, 3.05) is 44.8 Å². The summed E-state index contributed by atoms with van der Waals surface area (Å²) in [5, 5.41) is 45.0. The number of aromatic amines is 1. The Morgan fingerprint density at radius 3 is 2.44 bits per heavy atom. The van der Waals surface area contributed by atoms with Crippen LogP contribution in [0.2, 0.25) is 0 Å². The van der Waals surface area contributed by atoms with Crippen molar-refractivity contribution in [3.8, 4) is 44.6 Å². The van der Waals surface area contributed by atoms with Gasteiger partial charge in [-0.3, -0.25) is 14.7 Å². The van der Waals surface area contributed by atoms with Crippen LogP contribution in [0.1, 0.15) is 92.4 Å². The summed E-state index contributed by atoms with van der Waals surface area (Å²) < 4.78 is 58.9. The standard InChI is InChI=1S/C58H63F3N12O6S/c1-30(2)51(56(77)72-24-39(75)19-47(72)55(76)65-46(26-74)36-13-15-37(16-14-36)53-32(4)63-29-80-53)73-25-45(69-70-73)35-9-7-33(8-10-35)27-78-52-49(48-31(3)43(59)21-44-42(48)23-64-68-44)40(34-11-12-34)20-41-50(52)66-57(79-28-58(5,60)61)67-54(41)71(6)38-17-18-62-22-38/h7-10,13-16,20-21,23,25,29-30,34,38-39,46-47,51,62,74-75H,11-12,17-19,22,24,26-28H2,1-6H3,(H,64,68)(H,65,76)/t38-,39+,46-,47-,51-/m0/s1. The molecule has 5 atom stereocenters. The van der Waals surface area contributed by atoms with Crippen molar-refractivity contribution in [3.63, 3.8) is 0 Å². The number of amides is 2. The highest BCUT2D eigenvalue weighted by molar-refractivity contribution is 7.13. The number of halogens is 3. The summed E-state index contributed by atoms with van der Waals surface area (Å²) in [6.07, 6.45) is 5.02. The van der Waals surface area contributed by atoms with Gasteiger partial charge in [-0.2, -0.15) is 15.1 Å². The predicted molar refractivity (Wildman–Crippen MR) is 297 cm³/mol. The van der Waals surface area contributed by atoms with E-state index in [1.165, 1.54) is 27.0 Å². The molecule has 6 heterocycles. The highest BCUT2D eigenvalue weighted by atomic mass is 32.1. The minimum atomic E-state index is -3.18. The van der Waals surface area contributed by atoms with E-state index >= 15 is 4.39 Å². The van der Waals surface area contributed by atoms with Gasteiger partial charge in [-0.05, 0) is 91.4 Å². The number of aliphatic hydroxyl groups is 2. The number of nitrogens with zero attached hydrogens (tertiary/aromatic N) is 9. The summed E-state index contributed by atoms with van der Waals surface area (Å²) in [7, 11) is 1.92. The number of benzene rings is 4. The molecule has 2 aliphatic heterocycles. The average Bonchev–Trinajstić information content (AvgIpc) is 4.06. The molecule has 3 fully saturated rings. The molecule has 0 unspecified atom stereocenters. The smallest absolute Gasteiger partial charge is 0.319 e. The van der Waals surface area contributed by atoms with Crippen molar-refractivity contribution in [2.24, 2.45) is 5.92 Å². The lowest BCUT2D eigenvalue weighted by molar-refractivity contribution is -0.142. The van der Waals surface area contributed by atoms with Gasteiger partial charge in [0.15, 0.2) is 12.4 Å². The number of hydrogen-bond acceptors (Lipinski definition) is 15. The molecule has 8 aromatic rings. The Kier molecular flexibility index (Phi) is 15.1. The van der Waals surface area contributed by atoms with Crippen LogP contribution in [-0.4, -0.2) is 131 Å². The number of aryl methyl sites for hydroxylation is 1. The number of aromatic nitrogens is 8. The quantitative estimate of drug-likeness (QED) is 0.0512. The van der Waals surface area contributed by atoms with E-state index in [0.29, 0.717) is 73.4 Å². The largest absolute Gasteiger partial charge is 0.486 e. The number of likely N-dealkylation sites (tertiary alicyclic amines) is 1. The fourth-order valence-corrected chi connectivity index (χ4v) is 11.9. The van der Waals surface area contributed by atoms with Gasteiger partial charge in [0, 0.05) is 67.0 Å². The number of β-amino-alcohol motifs (C(OH)–C–C–N with tert-alkyl or cyclic N) is 1. The second-order valence-corrected chi connectivity index (χ2v) is 22.6. The maximum Gasteiger partial charge on any atom is 0.319 e. The molecule has 2 amide bonds. The average molecular weight is 1110 g/mol. The van der Waals surface area contributed by atoms with Crippen LogP contribution in [0.15, 0.2) is 78.6 Å². The van der Waals surface area contributed by atoms with E-state index in [-0.39, 0.29) is 50.1 Å². The highest BCUT2D eigenvalue weighted by Crippen LogP contribution is 2.53. The first-order chi connectivity index (χ1) is 38.4. The zero-order valence-electron chi connectivity index (χ0n) is 45.2. The zero-order chi connectivity index (χ0) is 56.1. The van der Waals surface area contributed by atoms with Gasteiger partial charge in [0.1, 0.15) is 41.5 Å². The van der Waals surface area contributed by atoms with Gasteiger partial charge in [0.2, 0.25) is 11.8 Å². The number of ether oxygens (including phenoxy) is 2. The minimum absolute atomic E-state index is 0.00986. The molecule has 0 spiro atoms. The fraction of sp³-hybridized carbons (Fsp3) is 0.414. The molecule has 3 aliphatic rings. The molecule has 18 nitrogen and oxygen atoms in total. The van der Waals surface area contributed by atoms with Gasteiger partial charge in [-0.25, -0.2) is 22.8 Å². The molecule has 418 valence electrons. The molecule has 4 aromatic heterocycles. The molecule has 0 bridgehead atoms. The number of rotatable bonds is 19. The predicted octanol–water partition coefficient (Wildman–Crippen LogP) is 8.61. The van der Waals surface area contributed by atoms with Gasteiger partial charge in [0.25, 0.3) is 5.92 Å². The topological polar surface area (TPSA) is 222 Å². The molecule has 0 radical (unpaired) electrons. The molecular weight excluding hydrogens is 1050 g/mol. The van der Waals surface area contributed by atoms with Crippen molar-refractivity contribution in [2.45, 2.75) is 109 Å². The van der Waals surface area contributed by atoms with Crippen molar-refractivity contribution in [3.05, 3.63) is 112 Å². The van der Waals surface area contributed by atoms with Gasteiger partial charge in [-0.15, -0.1) is 16.4 Å². The number of likely N-dealkylation sites (N-methyl/N-ethyl adjacent to an activating group) is 1. The normalized spacial score (nSPS) is 18.4. The molecule has 11 rings (SSSR count). The van der Waals surface area contributed by atoms with Crippen LogP contribution in [0.5, 0.6) is 11.8 Å². The summed E-state index contributed by atoms with van der Waals surface area (Å²) in [6.45, 7) is 8.27. The first kappa shape index (κ1) is 54.4. The first-order valence-electron chi connectivity index (χ1n) is 26.9. The lowest BCUT2D eigenvalue weighted by Crippen LogP contribution is -2.50. The van der Waals surface area contributed by atoms with Crippen LogP contribution in [0, 0.1) is 25.6 Å². The number of thiazole rings is 1. The van der Waals surface area contributed by atoms with E-state index < -0.39 is 54.4 Å². The van der Waals surface area contributed by atoms with E-state index in [2.05, 4.69) is 36.1 Å². The molecule has 1 aliphatic carbocycles. The number of alkyl halides is 2. The van der Waals surface area contributed by atoms with E-state index in [1.54, 1.807) is 24.8 Å². The number of anilines is 1. The van der Waals surface area contributed by atoms with E-state index in [1.807, 2.05) is 87.3 Å². The molecule has 4 aromatic carbocycles. The van der Waals surface area contributed by atoms with Crippen molar-refractivity contribution < 1.29 is 42.4 Å². The monoisotopic (exact) mass is 1110 g/mol. The SMILES string of the molecule is Cc1ncsc1-c1ccc([C@H](CO)NC(=O)[C@@H]2C[C@@H](O)CN2C(=O)[C@H](C(C)C)n2cc(-c3ccc(COc4c(-c5c(C)c(F)cc6[nH]ncc56)c(C5CC5)cc5c(N(C)[C@H]6CCNC6)nc(OCC(C)(F)F)nc45)cc3)nn2)cc1. The molecule has 80 heavy (non-hydrogen) atoms. The Balaban J connectivity index is 0.874. The van der Waals surface area contributed by atoms with Crippen LogP contribution in [0.25, 0.3) is 54.6 Å². The van der Waals surface area contributed by atoms with Crippen molar-refractivity contribution in [1.82, 2.24) is 55.7 Å². The molecular formula is C58H63F3N12O6S. The maximum absolute atomic E-state index is 16.0. The molecule has 22 heteroatoms. The second-order valence-electron chi connectivity index (χ2n) is 21.8. The van der Waals surface area contributed by atoms with Crippen LogP contribution < -0.4 is 25.0 Å². The third kappa shape index (κ3) is 10.9. The number of nitrogens with one attached hydrogen (secondary N) is 3. The lowest BCUT2D eigenvalue weighted by Gasteiger charge is -2.30. The molecule has 1 saturated carbocycles. The zero-order valence-corrected chi connectivity index (χ0v) is 46.0. The lowest BCUT2D eigenvalue weighted by atomic mass is 9.88. The Hall–Kier alpha value is -7.53. The molecule has 5 N–H and O–H groups in total. The van der Waals surface area contributed by atoms with Gasteiger partial charge in [0.05, 0.1) is 52.7 Å². The van der Waals surface area contributed by atoms with Crippen LogP contribution in [0.3, 0.4) is 0 Å². The number of carbonyl (C=O) groups is 2. The van der Waals surface area contributed by atoms with Crippen molar-refractivity contribution >= 4 is 50.8 Å². The van der Waals surface area contributed by atoms with E-state index in [0.717, 1.165) is 60.0 Å². The van der Waals surface area contributed by atoms with Crippen LogP contribution in [0.4, 0.5) is 19.0 Å². The Morgan fingerprint density at radius 1 is 1.00 bits per heavy atom. The molecule has 2 saturated heterocycles. The van der Waals surface area contributed by atoms with E-state index in [9.17, 15) is 28.6 Å². The van der Waals surface area contributed by atoms with Gasteiger partial charge in [-0.1, -0.05) is 67.6 Å². The minimum Gasteiger partial charge on any atom is -0.486 e. The Morgan fingerprint density at radius 2 is 1.76 bits per heavy atom. The number of aliphatic hydroxyl groups excluding tert-OH is 2. The number of hydrogen-bond donors (Lipinski definition) is 5. The van der Waals surface area contributed by atoms with Crippen molar-refractivity contribution in [1.29, 1.82) is 0 Å². The van der Waals surface area contributed by atoms with Gasteiger partial charge >= 0.3 is 6.01 Å². The van der Waals surface area contributed by atoms with Gasteiger partial charge < -0.3 is 40.1 Å². The summed E-state index contributed by atoms with van der Waals surface area (Å²) in [4.78, 5) is 46.9. The second kappa shape index (κ2) is 22.2. The third-order valence-corrected chi connectivity index (χ3v) is 16.5. The highest BCUT2D eigenvalue weighted by Gasteiger charge is 2.43.